The molecule has 1 spiro atoms. The van der Waals surface area contributed by atoms with Gasteiger partial charge in [-0.25, -0.2) is 8.42 Å². The van der Waals surface area contributed by atoms with E-state index in [0.717, 1.165) is 53.7 Å². The molecule has 5 atom stereocenters. The van der Waals surface area contributed by atoms with Gasteiger partial charge >= 0.3 is 0 Å². The predicted molar refractivity (Wildman–Crippen MR) is 224 cm³/mol. The zero-order valence-corrected chi connectivity index (χ0v) is 33.9. The number of nitrogens with zero attached hydrogens (tertiary/aromatic N) is 1. The Morgan fingerprint density at radius 1 is 0.780 bits per heavy atom. The van der Waals surface area contributed by atoms with E-state index < -0.39 is 40.2 Å². The number of carbonyl (C=O) groups excluding carboxylic acids is 1. The summed E-state index contributed by atoms with van der Waals surface area (Å²) in [4.78, 5) is 16.6. The lowest BCUT2D eigenvalue weighted by atomic mass is 9.83. The monoisotopic (exact) mass is 817 g/mol. The van der Waals surface area contributed by atoms with Crippen LogP contribution in [-0.2, 0) is 46.8 Å². The van der Waals surface area contributed by atoms with Gasteiger partial charge in [0, 0.05) is 49.6 Å². The van der Waals surface area contributed by atoms with E-state index in [0.29, 0.717) is 31.0 Å². The summed E-state index contributed by atoms with van der Waals surface area (Å²) < 4.78 is 55.8. The summed E-state index contributed by atoms with van der Waals surface area (Å²) in [5, 5.41) is 12.8. The molecule has 1 unspecified atom stereocenters. The highest BCUT2D eigenvalue weighted by Crippen LogP contribution is 2.47. The molecular formula is C47H51N3O8S. The summed E-state index contributed by atoms with van der Waals surface area (Å²) in [6.07, 6.45) is 0.156. The zero-order chi connectivity index (χ0) is 40.8. The number of anilines is 1. The number of hydrogen-bond acceptors (Lipinski definition) is 9. The van der Waals surface area contributed by atoms with Gasteiger partial charge in [-0.15, -0.1) is 0 Å². The maximum absolute atomic E-state index is 14.1. The van der Waals surface area contributed by atoms with Gasteiger partial charge in [-0.05, 0) is 59.9 Å². The highest BCUT2D eigenvalue weighted by Gasteiger charge is 2.45. The smallest absolute Gasteiger partial charge is 0.242 e. The van der Waals surface area contributed by atoms with Crippen LogP contribution in [0.1, 0.15) is 64.5 Å². The summed E-state index contributed by atoms with van der Waals surface area (Å²) in [6.45, 7) is 5.28. The van der Waals surface area contributed by atoms with Crippen molar-refractivity contribution >= 4 is 21.6 Å². The molecular weight excluding hydrogens is 767 g/mol. The molecule has 59 heavy (non-hydrogen) atoms. The molecule has 3 aliphatic heterocycles. The van der Waals surface area contributed by atoms with Crippen LogP contribution >= 0.6 is 0 Å². The average molecular weight is 818 g/mol. The Labute approximate surface area is 346 Å². The number of carbonyl (C=O) groups is 1. The van der Waals surface area contributed by atoms with E-state index in [4.69, 9.17) is 18.9 Å². The van der Waals surface area contributed by atoms with Crippen LogP contribution in [0.25, 0.3) is 0 Å². The van der Waals surface area contributed by atoms with Gasteiger partial charge in [0.2, 0.25) is 15.9 Å². The van der Waals surface area contributed by atoms with Gasteiger partial charge in [-0.3, -0.25) is 4.79 Å². The minimum absolute atomic E-state index is 0.0652. The van der Waals surface area contributed by atoms with Crippen molar-refractivity contribution < 1.29 is 37.3 Å². The lowest BCUT2D eigenvalue weighted by molar-refractivity contribution is -0.265. The fourth-order valence-electron chi connectivity index (χ4n) is 8.28. The summed E-state index contributed by atoms with van der Waals surface area (Å²) in [6, 6.07) is 40.2. The molecule has 0 aliphatic carbocycles. The van der Waals surface area contributed by atoms with Crippen LogP contribution in [0.4, 0.5) is 5.69 Å². The van der Waals surface area contributed by atoms with Crippen LogP contribution in [0.5, 0.6) is 0 Å². The number of aryl methyl sites for hydroxylation is 1. The number of aliphatic hydroxyl groups is 1. The van der Waals surface area contributed by atoms with Crippen LogP contribution in [0, 0.1) is 6.92 Å². The second kappa shape index (κ2) is 18.2. The largest absolute Gasteiger partial charge is 0.392 e. The molecule has 3 N–H and O–H groups in total. The lowest BCUT2D eigenvalue weighted by Gasteiger charge is -2.46. The summed E-state index contributed by atoms with van der Waals surface area (Å²) in [5.41, 5.74) is 5.74. The molecule has 8 rings (SSSR count). The molecule has 308 valence electrons. The highest BCUT2D eigenvalue weighted by molar-refractivity contribution is 7.89. The third-order valence-electron chi connectivity index (χ3n) is 11.5. The van der Waals surface area contributed by atoms with Crippen molar-refractivity contribution in [3.8, 4) is 0 Å². The molecule has 3 saturated heterocycles. The predicted octanol–water partition coefficient (Wildman–Crippen LogP) is 6.79. The normalized spacial score (nSPS) is 22.5. The number of sulfonamides is 1. The van der Waals surface area contributed by atoms with E-state index in [9.17, 15) is 18.3 Å². The molecule has 5 aromatic carbocycles. The fourth-order valence-corrected chi connectivity index (χ4v) is 9.48. The van der Waals surface area contributed by atoms with Crippen molar-refractivity contribution in [3.05, 3.63) is 167 Å². The Hall–Kier alpha value is -4.76. The third kappa shape index (κ3) is 9.83. The molecule has 3 heterocycles. The number of piperidine rings is 1. The van der Waals surface area contributed by atoms with Crippen molar-refractivity contribution in [2.24, 2.45) is 0 Å². The van der Waals surface area contributed by atoms with Crippen molar-refractivity contribution in [2.75, 3.05) is 38.2 Å². The van der Waals surface area contributed by atoms with Crippen molar-refractivity contribution in [1.29, 1.82) is 0 Å². The molecule has 0 saturated carbocycles. The molecule has 0 aromatic heterocycles. The average Bonchev–Trinajstić information content (AvgIpc) is 3.72. The summed E-state index contributed by atoms with van der Waals surface area (Å²) in [5.74, 6) is -1.18. The molecule has 3 fully saturated rings. The lowest BCUT2D eigenvalue weighted by Crippen LogP contribution is -2.50. The van der Waals surface area contributed by atoms with E-state index in [1.807, 2.05) is 97.9 Å². The first-order chi connectivity index (χ1) is 28.7. The van der Waals surface area contributed by atoms with E-state index >= 15 is 0 Å². The quantitative estimate of drug-likeness (QED) is 0.117. The molecule has 5 aromatic rings. The van der Waals surface area contributed by atoms with E-state index in [1.54, 1.807) is 18.2 Å². The number of likely N-dealkylation sites (tertiary alicyclic amines) is 1. The minimum atomic E-state index is -4.03. The van der Waals surface area contributed by atoms with Crippen LogP contribution in [0.3, 0.4) is 0 Å². The number of benzene rings is 5. The highest BCUT2D eigenvalue weighted by atomic mass is 32.2. The molecule has 11 nitrogen and oxygen atoms in total. The number of aliphatic hydroxyl groups excluding tert-OH is 1. The zero-order valence-electron chi connectivity index (χ0n) is 33.1. The van der Waals surface area contributed by atoms with Crippen molar-refractivity contribution in [3.63, 3.8) is 0 Å². The first kappa shape index (κ1) is 41.0. The first-order valence-electron chi connectivity index (χ1n) is 20.3. The summed E-state index contributed by atoms with van der Waals surface area (Å²) in [7, 11) is -4.03. The van der Waals surface area contributed by atoms with Gasteiger partial charge in [-0.1, -0.05) is 115 Å². The number of rotatable bonds is 13. The molecule has 3 aliphatic rings. The molecule has 12 heteroatoms. The standard InChI is InChI=1S/C47H51N3O8S/c1-33-15-21-40(22-16-33)59(53,54)49-41(29-34-9-4-2-5-10-34)45(52)48-39-14-8-13-38(30-39)46-57-42(31-50-25-23-47(24-26-50)55-27-28-56-47)43(36-11-6-3-7-12-36)44(58-46)37-19-17-35(32-51)18-20-37/h2-22,30,41-44,46,49,51H,23-29,31-32H2,1H3,(H,48,52)/t41-,42-,43-,44+,46?/m1/s1. The van der Waals surface area contributed by atoms with E-state index in [2.05, 4.69) is 27.1 Å². The van der Waals surface area contributed by atoms with E-state index in [-0.39, 0.29) is 29.9 Å². The number of ether oxygens (including phenoxy) is 4. The Bertz CT molecular complexity index is 2260. The molecule has 1 amide bonds. The van der Waals surface area contributed by atoms with Gasteiger partial charge in [0.15, 0.2) is 12.1 Å². The van der Waals surface area contributed by atoms with Crippen LogP contribution in [-0.4, -0.2) is 75.1 Å². The van der Waals surface area contributed by atoms with Gasteiger partial charge in [-0.2, -0.15) is 4.72 Å². The SMILES string of the molecule is Cc1ccc(S(=O)(=O)N[C@H](Cc2ccccc2)C(=O)Nc2cccc(C3O[C@H](CN4CCC5(CC4)OCCO5)[C@@H](c4ccccc4)[C@H](c4ccc(CO)cc4)O3)c2)cc1. The van der Waals surface area contributed by atoms with Crippen molar-refractivity contribution in [2.45, 2.75) is 73.9 Å². The maximum Gasteiger partial charge on any atom is 0.242 e. The Balaban J connectivity index is 1.07. The molecule has 0 bridgehead atoms. The Morgan fingerprint density at radius 3 is 2.12 bits per heavy atom. The van der Waals surface area contributed by atoms with Gasteiger partial charge in [0.25, 0.3) is 0 Å². The second-order valence-corrected chi connectivity index (χ2v) is 17.3. The maximum atomic E-state index is 14.1. The number of hydrogen-bond donors (Lipinski definition) is 3. The summed E-state index contributed by atoms with van der Waals surface area (Å²) >= 11 is 0. The topological polar surface area (TPSA) is 136 Å². The molecule has 0 radical (unpaired) electrons. The minimum Gasteiger partial charge on any atom is -0.392 e. The number of nitrogens with one attached hydrogen (secondary N) is 2. The Morgan fingerprint density at radius 2 is 1.44 bits per heavy atom. The van der Waals surface area contributed by atoms with Gasteiger partial charge < -0.3 is 34.3 Å². The van der Waals surface area contributed by atoms with Crippen molar-refractivity contribution in [1.82, 2.24) is 9.62 Å². The van der Waals surface area contributed by atoms with E-state index in [1.165, 1.54) is 12.1 Å². The van der Waals surface area contributed by atoms with Crippen LogP contribution in [0.2, 0.25) is 0 Å². The van der Waals surface area contributed by atoms with Gasteiger partial charge in [0.05, 0.1) is 36.9 Å². The first-order valence-corrected chi connectivity index (χ1v) is 21.7. The van der Waals surface area contributed by atoms with Gasteiger partial charge in [0.1, 0.15) is 6.04 Å². The van der Waals surface area contributed by atoms with Crippen LogP contribution in [0.15, 0.2) is 138 Å². The number of amides is 1. The van der Waals surface area contributed by atoms with Crippen LogP contribution < -0.4 is 10.0 Å². The second-order valence-electron chi connectivity index (χ2n) is 15.6. The Kier molecular flexibility index (Phi) is 12.7. The fraction of sp³-hybridized carbons (Fsp3) is 0.340. The third-order valence-corrected chi connectivity index (χ3v) is 13.0.